The number of hydrogen-bond donors (Lipinski definition) is 1. The molecule has 0 aliphatic carbocycles. The molecule has 1 atom stereocenters. The fraction of sp³-hybridized carbons (Fsp3) is 0.357. The summed E-state index contributed by atoms with van der Waals surface area (Å²) in [5, 5.41) is 12.3. The summed E-state index contributed by atoms with van der Waals surface area (Å²) in [6, 6.07) is 8.50. The monoisotopic (exact) mass is 262 g/mol. The van der Waals surface area contributed by atoms with Crippen molar-refractivity contribution in [2.75, 3.05) is 11.9 Å². The van der Waals surface area contributed by atoms with Crippen LogP contribution in [-0.4, -0.2) is 17.1 Å². The predicted octanol–water partition coefficient (Wildman–Crippen LogP) is 3.14. The average Bonchev–Trinajstić information content (AvgIpc) is 2.81. The van der Waals surface area contributed by atoms with E-state index in [2.05, 4.69) is 41.1 Å². The van der Waals surface area contributed by atoms with E-state index in [1.807, 2.05) is 12.4 Å². The van der Waals surface area contributed by atoms with Crippen molar-refractivity contribution in [3.05, 3.63) is 46.5 Å². The molecule has 18 heavy (non-hydrogen) atoms. The molecule has 0 saturated heterocycles. The van der Waals surface area contributed by atoms with Gasteiger partial charge < -0.3 is 10.0 Å². The fourth-order valence-corrected chi connectivity index (χ4v) is 2.56. The maximum absolute atomic E-state index is 9.46. The summed E-state index contributed by atoms with van der Waals surface area (Å²) in [5.74, 6) is 0. The lowest BCUT2D eigenvalue weighted by atomic mass is 10.1. The molecule has 0 saturated carbocycles. The minimum atomic E-state index is -0.497. The van der Waals surface area contributed by atoms with Crippen LogP contribution in [0.4, 0.5) is 5.13 Å². The minimum absolute atomic E-state index is 0.497. The first-order valence-corrected chi connectivity index (χ1v) is 6.84. The Bertz CT molecular complexity index is 505. The molecular weight excluding hydrogens is 244 g/mol. The van der Waals surface area contributed by atoms with Gasteiger partial charge in [0.1, 0.15) is 0 Å². The highest BCUT2D eigenvalue weighted by molar-refractivity contribution is 7.13. The third-order valence-corrected chi connectivity index (χ3v) is 3.78. The summed E-state index contributed by atoms with van der Waals surface area (Å²) < 4.78 is 0. The molecule has 0 radical (unpaired) electrons. The molecule has 96 valence electrons. The second-order valence-corrected chi connectivity index (χ2v) is 5.41. The van der Waals surface area contributed by atoms with E-state index in [9.17, 15) is 5.11 Å². The van der Waals surface area contributed by atoms with Crippen molar-refractivity contribution in [1.29, 1.82) is 0 Å². The van der Waals surface area contributed by atoms with Crippen molar-refractivity contribution >= 4 is 16.5 Å². The summed E-state index contributed by atoms with van der Waals surface area (Å²) in [5.41, 5.74) is 3.27. The molecule has 1 aromatic heterocycles. The number of hydrogen-bond acceptors (Lipinski definition) is 4. The van der Waals surface area contributed by atoms with E-state index in [1.165, 1.54) is 11.1 Å². The van der Waals surface area contributed by atoms with Gasteiger partial charge in [-0.2, -0.15) is 0 Å². The van der Waals surface area contributed by atoms with Crippen LogP contribution in [0.1, 0.15) is 29.8 Å². The van der Waals surface area contributed by atoms with Gasteiger partial charge in [0.15, 0.2) is 5.13 Å². The molecule has 1 heterocycles. The van der Waals surface area contributed by atoms with Crippen LogP contribution in [0.15, 0.2) is 29.6 Å². The number of aliphatic hydroxyl groups excluding tert-OH is 1. The zero-order valence-electron chi connectivity index (χ0n) is 10.9. The van der Waals surface area contributed by atoms with Crippen LogP contribution in [-0.2, 0) is 6.54 Å². The Hall–Kier alpha value is -1.39. The number of aliphatic hydroxyl groups is 1. The van der Waals surface area contributed by atoms with E-state index in [-0.39, 0.29) is 0 Å². The predicted molar refractivity (Wildman–Crippen MR) is 76.0 cm³/mol. The van der Waals surface area contributed by atoms with Crippen molar-refractivity contribution in [3.8, 4) is 0 Å². The van der Waals surface area contributed by atoms with E-state index >= 15 is 0 Å². The third kappa shape index (κ3) is 3.09. The summed E-state index contributed by atoms with van der Waals surface area (Å²) in [6.45, 7) is 4.65. The zero-order valence-corrected chi connectivity index (χ0v) is 11.7. The van der Waals surface area contributed by atoms with Gasteiger partial charge in [-0.15, -0.1) is 11.3 Å². The SMILES string of the molecule is Cc1ccc(CN(C)c2nc(C(C)O)cs2)cc1. The lowest BCUT2D eigenvalue weighted by Crippen LogP contribution is -2.16. The van der Waals surface area contributed by atoms with E-state index in [0.29, 0.717) is 0 Å². The second-order valence-electron chi connectivity index (χ2n) is 4.57. The number of rotatable bonds is 4. The lowest BCUT2D eigenvalue weighted by Gasteiger charge is -2.15. The molecule has 3 nitrogen and oxygen atoms in total. The molecule has 0 aliphatic rings. The van der Waals surface area contributed by atoms with Crippen LogP contribution in [0.2, 0.25) is 0 Å². The third-order valence-electron chi connectivity index (χ3n) is 2.80. The van der Waals surface area contributed by atoms with Crippen LogP contribution in [0.3, 0.4) is 0 Å². The van der Waals surface area contributed by atoms with Gasteiger partial charge in [-0.05, 0) is 19.4 Å². The number of anilines is 1. The maximum atomic E-state index is 9.46. The van der Waals surface area contributed by atoms with E-state index in [1.54, 1.807) is 18.3 Å². The number of nitrogens with zero attached hydrogens (tertiary/aromatic N) is 2. The van der Waals surface area contributed by atoms with Crippen LogP contribution < -0.4 is 4.90 Å². The van der Waals surface area contributed by atoms with Crippen molar-refractivity contribution in [2.45, 2.75) is 26.5 Å². The molecule has 0 bridgehead atoms. The molecule has 1 N–H and O–H groups in total. The van der Waals surface area contributed by atoms with Gasteiger partial charge in [0.2, 0.25) is 0 Å². The molecule has 4 heteroatoms. The van der Waals surface area contributed by atoms with Crippen molar-refractivity contribution in [3.63, 3.8) is 0 Å². The first-order valence-electron chi connectivity index (χ1n) is 5.96. The normalized spacial score (nSPS) is 12.4. The molecule has 0 fully saturated rings. The van der Waals surface area contributed by atoms with Crippen molar-refractivity contribution in [1.82, 2.24) is 4.98 Å². The van der Waals surface area contributed by atoms with Gasteiger partial charge in [0.25, 0.3) is 0 Å². The molecule has 0 amide bonds. The van der Waals surface area contributed by atoms with Gasteiger partial charge in [-0.25, -0.2) is 4.98 Å². The van der Waals surface area contributed by atoms with E-state index in [0.717, 1.165) is 17.4 Å². The number of thiazole rings is 1. The Morgan fingerprint density at radius 1 is 1.33 bits per heavy atom. The van der Waals surface area contributed by atoms with E-state index in [4.69, 9.17) is 0 Å². The molecule has 1 unspecified atom stereocenters. The topological polar surface area (TPSA) is 36.4 Å². The highest BCUT2D eigenvalue weighted by Crippen LogP contribution is 2.24. The first-order chi connectivity index (χ1) is 8.56. The van der Waals surface area contributed by atoms with Gasteiger partial charge in [0.05, 0.1) is 11.8 Å². The minimum Gasteiger partial charge on any atom is -0.387 e. The van der Waals surface area contributed by atoms with Crippen molar-refractivity contribution < 1.29 is 5.11 Å². The Morgan fingerprint density at radius 2 is 2.00 bits per heavy atom. The number of aryl methyl sites for hydroxylation is 1. The summed E-state index contributed by atoms with van der Waals surface area (Å²) in [7, 11) is 2.02. The molecular formula is C14H18N2OS. The largest absolute Gasteiger partial charge is 0.387 e. The lowest BCUT2D eigenvalue weighted by molar-refractivity contribution is 0.195. The van der Waals surface area contributed by atoms with Crippen molar-refractivity contribution in [2.24, 2.45) is 0 Å². The van der Waals surface area contributed by atoms with Gasteiger partial charge in [-0.3, -0.25) is 0 Å². The Labute approximate surface area is 112 Å². The number of aromatic nitrogens is 1. The molecule has 2 rings (SSSR count). The first kappa shape index (κ1) is 13.1. The van der Waals surface area contributed by atoms with Gasteiger partial charge >= 0.3 is 0 Å². The van der Waals surface area contributed by atoms with Crippen LogP contribution in [0, 0.1) is 6.92 Å². The fourth-order valence-electron chi connectivity index (χ4n) is 1.68. The summed E-state index contributed by atoms with van der Waals surface area (Å²) in [4.78, 5) is 6.52. The van der Waals surface area contributed by atoms with Crippen LogP contribution in [0.5, 0.6) is 0 Å². The number of benzene rings is 1. The zero-order chi connectivity index (χ0) is 13.1. The highest BCUT2D eigenvalue weighted by atomic mass is 32.1. The van der Waals surface area contributed by atoms with Gasteiger partial charge in [0, 0.05) is 19.0 Å². The average molecular weight is 262 g/mol. The molecule has 1 aromatic carbocycles. The Morgan fingerprint density at radius 3 is 2.56 bits per heavy atom. The standard InChI is InChI=1S/C14H18N2OS/c1-10-4-6-12(7-5-10)8-16(3)14-15-13(9-18-14)11(2)17/h4-7,9,11,17H,8H2,1-3H3. The highest BCUT2D eigenvalue weighted by Gasteiger charge is 2.10. The molecule has 0 spiro atoms. The van der Waals surface area contributed by atoms with Crippen LogP contribution in [0.25, 0.3) is 0 Å². The smallest absolute Gasteiger partial charge is 0.185 e. The summed E-state index contributed by atoms with van der Waals surface area (Å²) in [6.07, 6.45) is -0.497. The Kier molecular flexibility index (Phi) is 3.99. The summed E-state index contributed by atoms with van der Waals surface area (Å²) >= 11 is 1.56. The molecule has 2 aromatic rings. The maximum Gasteiger partial charge on any atom is 0.185 e. The second kappa shape index (κ2) is 5.50. The molecule has 0 aliphatic heterocycles. The quantitative estimate of drug-likeness (QED) is 0.919. The van der Waals surface area contributed by atoms with Crippen LogP contribution >= 0.6 is 11.3 Å². The van der Waals surface area contributed by atoms with Gasteiger partial charge in [-0.1, -0.05) is 29.8 Å². The van der Waals surface area contributed by atoms with E-state index < -0.39 is 6.10 Å². The Balaban J connectivity index is 2.06.